The molecule has 0 saturated heterocycles. The van der Waals surface area contributed by atoms with E-state index in [0.717, 1.165) is 0 Å². The first-order valence-electron chi connectivity index (χ1n) is 5.11. The predicted molar refractivity (Wildman–Crippen MR) is 53.8 cm³/mol. The number of fused-ring (bicyclic) bond motifs is 2. The molecule has 0 spiro atoms. The van der Waals surface area contributed by atoms with Crippen LogP contribution in [0.1, 0.15) is 32.8 Å². The lowest BCUT2D eigenvalue weighted by Crippen LogP contribution is -2.34. The minimum atomic E-state index is -0.979. The number of ketones is 2. The van der Waals surface area contributed by atoms with Crippen LogP contribution in [-0.2, 0) is 22.7 Å². The number of esters is 1. The number of hydrogen-bond donors (Lipinski definition) is 0. The number of hydrogen-bond acceptors (Lipinski definition) is 5. The third kappa shape index (κ3) is 1.20. The lowest BCUT2D eigenvalue weighted by Gasteiger charge is -2.15. The molecule has 1 aromatic rings. The van der Waals surface area contributed by atoms with Crippen LogP contribution in [-0.4, -0.2) is 22.1 Å². The summed E-state index contributed by atoms with van der Waals surface area (Å²) in [6, 6.07) is 1.33. The Morgan fingerprint density at radius 1 is 1.18 bits per heavy atom. The molecule has 3 rings (SSSR count). The number of cyclic esters (lactones) is 1. The molecular weight excluding hydrogens is 226 g/mol. The van der Waals surface area contributed by atoms with Crippen LogP contribution < -0.4 is 5.56 Å². The third-order valence-electron chi connectivity index (χ3n) is 3.03. The first-order chi connectivity index (χ1) is 8.09. The summed E-state index contributed by atoms with van der Waals surface area (Å²) in [4.78, 5) is 46.1. The molecule has 0 radical (unpaired) electrons. The zero-order valence-corrected chi connectivity index (χ0v) is 8.69. The first-order valence-corrected chi connectivity index (χ1v) is 5.11. The van der Waals surface area contributed by atoms with Crippen LogP contribution in [0, 0.1) is 0 Å². The highest BCUT2D eigenvalue weighted by atomic mass is 16.5. The Morgan fingerprint density at radius 2 is 1.94 bits per heavy atom. The van der Waals surface area contributed by atoms with E-state index in [-0.39, 0.29) is 35.6 Å². The molecule has 0 unspecified atom stereocenters. The van der Waals surface area contributed by atoms with E-state index in [1.165, 1.54) is 10.6 Å². The molecule has 0 saturated carbocycles. The topological polar surface area (TPSA) is 82.4 Å². The molecule has 6 heteroatoms. The predicted octanol–water partition coefficient (Wildman–Crippen LogP) is -0.326. The number of carbonyl (C=O) groups excluding carboxylic acids is 3. The highest BCUT2D eigenvalue weighted by Crippen LogP contribution is 2.20. The Hall–Kier alpha value is -2.24. The van der Waals surface area contributed by atoms with Crippen LogP contribution in [0.25, 0.3) is 0 Å². The number of carbonyl (C=O) groups is 3. The molecule has 17 heavy (non-hydrogen) atoms. The van der Waals surface area contributed by atoms with Crippen LogP contribution in [0.3, 0.4) is 0 Å². The second-order valence-corrected chi connectivity index (χ2v) is 3.96. The molecule has 2 aliphatic rings. The normalized spacial score (nSPS) is 17.8. The van der Waals surface area contributed by atoms with Gasteiger partial charge in [-0.3, -0.25) is 14.4 Å². The van der Waals surface area contributed by atoms with Gasteiger partial charge in [-0.15, -0.1) is 0 Å². The molecule has 0 aliphatic carbocycles. The highest BCUT2D eigenvalue weighted by Gasteiger charge is 2.33. The zero-order valence-electron chi connectivity index (χ0n) is 8.69. The van der Waals surface area contributed by atoms with E-state index in [0.29, 0.717) is 6.54 Å². The van der Waals surface area contributed by atoms with Gasteiger partial charge in [0.1, 0.15) is 6.61 Å². The summed E-state index contributed by atoms with van der Waals surface area (Å²) >= 11 is 0. The number of aromatic nitrogens is 1. The van der Waals surface area contributed by atoms with Gasteiger partial charge in [0.15, 0.2) is 5.78 Å². The van der Waals surface area contributed by atoms with Gasteiger partial charge in [0.2, 0.25) is 0 Å². The van der Waals surface area contributed by atoms with Crippen LogP contribution in [0.2, 0.25) is 0 Å². The van der Waals surface area contributed by atoms with Crippen molar-refractivity contribution in [1.82, 2.24) is 4.57 Å². The van der Waals surface area contributed by atoms with Gasteiger partial charge in [0.25, 0.3) is 11.3 Å². The van der Waals surface area contributed by atoms with Crippen molar-refractivity contribution in [3.63, 3.8) is 0 Å². The van der Waals surface area contributed by atoms with Gasteiger partial charge in [0.05, 0.1) is 11.3 Å². The molecule has 6 nitrogen and oxygen atoms in total. The zero-order chi connectivity index (χ0) is 12.2. The number of pyridine rings is 1. The van der Waals surface area contributed by atoms with Gasteiger partial charge in [-0.1, -0.05) is 0 Å². The molecule has 0 fully saturated rings. The molecule has 1 aromatic heterocycles. The fourth-order valence-electron chi connectivity index (χ4n) is 2.14. The fourth-order valence-corrected chi connectivity index (χ4v) is 2.14. The summed E-state index contributed by atoms with van der Waals surface area (Å²) in [7, 11) is 0. The SMILES string of the molecule is O=C1OCc2c(cc3n(c2=O)CCC3=O)C1=O. The Kier molecular flexibility index (Phi) is 1.83. The minimum Gasteiger partial charge on any atom is -0.455 e. The van der Waals surface area contributed by atoms with E-state index in [1.54, 1.807) is 0 Å². The highest BCUT2D eigenvalue weighted by molar-refractivity contribution is 6.41. The molecule has 0 aromatic carbocycles. The van der Waals surface area contributed by atoms with E-state index >= 15 is 0 Å². The number of ether oxygens (including phenoxy) is 1. The average molecular weight is 233 g/mol. The lowest BCUT2D eigenvalue weighted by molar-refractivity contribution is -0.140. The number of rotatable bonds is 0. The van der Waals surface area contributed by atoms with Crippen LogP contribution in [0.5, 0.6) is 0 Å². The Labute approximate surface area is 94.8 Å². The van der Waals surface area contributed by atoms with Crippen molar-refractivity contribution >= 4 is 17.5 Å². The maximum atomic E-state index is 12.0. The summed E-state index contributed by atoms with van der Waals surface area (Å²) in [5.41, 5.74) is -0.0400. The Morgan fingerprint density at radius 3 is 2.71 bits per heavy atom. The largest absolute Gasteiger partial charge is 0.455 e. The molecule has 86 valence electrons. The van der Waals surface area contributed by atoms with Gasteiger partial charge >= 0.3 is 5.97 Å². The maximum absolute atomic E-state index is 12.0. The van der Waals surface area contributed by atoms with Crippen LogP contribution >= 0.6 is 0 Å². The molecule has 3 heterocycles. The monoisotopic (exact) mass is 233 g/mol. The smallest absolute Gasteiger partial charge is 0.380 e. The summed E-state index contributed by atoms with van der Waals surface area (Å²) in [5, 5.41) is 0. The second kappa shape index (κ2) is 3.13. The van der Waals surface area contributed by atoms with Crippen molar-refractivity contribution in [2.45, 2.75) is 19.6 Å². The molecular formula is C11H7NO5. The van der Waals surface area contributed by atoms with Gasteiger partial charge in [-0.05, 0) is 6.07 Å². The van der Waals surface area contributed by atoms with Crippen molar-refractivity contribution in [1.29, 1.82) is 0 Å². The van der Waals surface area contributed by atoms with Crippen molar-refractivity contribution < 1.29 is 19.1 Å². The minimum absolute atomic E-state index is 0.00718. The van der Waals surface area contributed by atoms with E-state index in [4.69, 9.17) is 0 Å². The van der Waals surface area contributed by atoms with Crippen molar-refractivity contribution in [2.24, 2.45) is 0 Å². The van der Waals surface area contributed by atoms with Crippen LogP contribution in [0.4, 0.5) is 0 Å². The van der Waals surface area contributed by atoms with Crippen LogP contribution in [0.15, 0.2) is 10.9 Å². The van der Waals surface area contributed by atoms with E-state index in [9.17, 15) is 19.2 Å². The summed E-state index contributed by atoms with van der Waals surface area (Å²) < 4.78 is 5.92. The standard InChI is InChI=1S/C11H7NO5/c13-8-1-2-12-7(8)3-5-6(10(12)15)4-17-11(16)9(5)14/h3H,1-2,4H2. The Bertz CT molecular complexity index is 640. The number of nitrogens with zero attached hydrogens (tertiary/aromatic N) is 1. The van der Waals surface area contributed by atoms with Crippen molar-refractivity contribution in [2.75, 3.05) is 0 Å². The van der Waals surface area contributed by atoms with E-state index < -0.39 is 17.3 Å². The number of Topliss-reactive ketones (excluding diaryl/α,β-unsaturated/α-hetero) is 2. The molecule has 0 atom stereocenters. The fraction of sp³-hybridized carbons (Fsp3) is 0.273. The summed E-state index contributed by atoms with van der Waals surface area (Å²) in [5.74, 6) is -2.02. The van der Waals surface area contributed by atoms with Gasteiger partial charge in [-0.25, -0.2) is 4.79 Å². The molecule has 2 aliphatic heterocycles. The van der Waals surface area contributed by atoms with Gasteiger partial charge in [-0.2, -0.15) is 0 Å². The van der Waals surface area contributed by atoms with E-state index in [1.807, 2.05) is 0 Å². The maximum Gasteiger partial charge on any atom is 0.380 e. The first kappa shape index (κ1) is 9.95. The third-order valence-corrected chi connectivity index (χ3v) is 3.03. The van der Waals surface area contributed by atoms with Crippen molar-refractivity contribution in [3.05, 3.63) is 33.2 Å². The molecule has 0 N–H and O–H groups in total. The van der Waals surface area contributed by atoms with Gasteiger partial charge in [0, 0.05) is 18.5 Å². The second-order valence-electron chi connectivity index (χ2n) is 3.96. The van der Waals surface area contributed by atoms with Crippen molar-refractivity contribution in [3.8, 4) is 0 Å². The quantitative estimate of drug-likeness (QED) is 0.452. The lowest BCUT2D eigenvalue weighted by atomic mass is 10.0. The molecule has 0 bridgehead atoms. The summed E-state index contributed by atoms with van der Waals surface area (Å²) in [6.45, 7) is 0.121. The Balaban J connectivity index is 2.34. The molecule has 0 amide bonds. The van der Waals surface area contributed by atoms with Gasteiger partial charge < -0.3 is 9.30 Å². The summed E-state index contributed by atoms with van der Waals surface area (Å²) in [6.07, 6.45) is 0.251. The average Bonchev–Trinajstić information content (AvgIpc) is 2.67. The van der Waals surface area contributed by atoms with E-state index in [2.05, 4.69) is 4.74 Å².